The molecular formula is C12H17N3O3. The normalized spacial score (nSPS) is 16.4. The van der Waals surface area contributed by atoms with Gasteiger partial charge in [-0.2, -0.15) is 5.10 Å². The average Bonchev–Trinajstić information content (AvgIpc) is 2.78. The first-order chi connectivity index (χ1) is 8.65. The minimum atomic E-state index is -1.03. The van der Waals surface area contributed by atoms with Gasteiger partial charge >= 0.3 is 5.97 Å². The molecule has 1 aliphatic rings. The molecule has 6 nitrogen and oxygen atoms in total. The van der Waals surface area contributed by atoms with Gasteiger partial charge in [0.25, 0.3) is 0 Å². The van der Waals surface area contributed by atoms with E-state index in [9.17, 15) is 9.59 Å². The maximum Gasteiger partial charge on any atom is 0.338 e. The van der Waals surface area contributed by atoms with Crippen molar-refractivity contribution in [1.82, 2.24) is 15.1 Å². The van der Waals surface area contributed by atoms with Gasteiger partial charge in [-0.05, 0) is 12.8 Å². The molecule has 1 saturated carbocycles. The number of nitrogens with one attached hydrogen (secondary N) is 1. The Morgan fingerprint density at radius 2 is 2.11 bits per heavy atom. The summed E-state index contributed by atoms with van der Waals surface area (Å²) in [7, 11) is 0. The SMILES string of the molecule is O=C(Cn1cc(C(=O)O)cn1)NC1CCCCC1. The summed E-state index contributed by atoms with van der Waals surface area (Å²) in [5.74, 6) is -1.14. The van der Waals surface area contributed by atoms with Gasteiger partial charge in [-0.25, -0.2) is 4.79 Å². The number of aromatic nitrogens is 2. The zero-order chi connectivity index (χ0) is 13.0. The topological polar surface area (TPSA) is 84.2 Å². The van der Waals surface area contributed by atoms with Crippen LogP contribution in [0.4, 0.5) is 0 Å². The van der Waals surface area contributed by atoms with Crippen LogP contribution < -0.4 is 5.32 Å². The van der Waals surface area contributed by atoms with Crippen LogP contribution in [0.25, 0.3) is 0 Å². The summed E-state index contributed by atoms with van der Waals surface area (Å²) in [6.45, 7) is 0.0732. The minimum Gasteiger partial charge on any atom is -0.478 e. The second-order valence-corrected chi connectivity index (χ2v) is 4.63. The van der Waals surface area contributed by atoms with Crippen molar-refractivity contribution >= 4 is 11.9 Å². The molecule has 98 valence electrons. The molecule has 18 heavy (non-hydrogen) atoms. The Kier molecular flexibility index (Phi) is 3.96. The summed E-state index contributed by atoms with van der Waals surface area (Å²) in [5, 5.41) is 15.5. The van der Waals surface area contributed by atoms with Crippen molar-refractivity contribution in [3.8, 4) is 0 Å². The van der Waals surface area contributed by atoms with Crippen LogP contribution in [0.15, 0.2) is 12.4 Å². The van der Waals surface area contributed by atoms with Crippen molar-refractivity contribution < 1.29 is 14.7 Å². The highest BCUT2D eigenvalue weighted by Crippen LogP contribution is 2.17. The van der Waals surface area contributed by atoms with E-state index in [1.54, 1.807) is 0 Å². The number of carbonyl (C=O) groups is 2. The van der Waals surface area contributed by atoms with Crippen LogP contribution in [-0.4, -0.2) is 32.8 Å². The Morgan fingerprint density at radius 1 is 1.39 bits per heavy atom. The Labute approximate surface area is 105 Å². The van der Waals surface area contributed by atoms with E-state index >= 15 is 0 Å². The molecule has 0 radical (unpaired) electrons. The van der Waals surface area contributed by atoms with Crippen LogP contribution in [0.2, 0.25) is 0 Å². The highest BCUT2D eigenvalue weighted by molar-refractivity contribution is 5.87. The third-order valence-corrected chi connectivity index (χ3v) is 3.16. The van der Waals surface area contributed by atoms with E-state index in [1.165, 1.54) is 23.5 Å². The van der Waals surface area contributed by atoms with Crippen LogP contribution in [0.3, 0.4) is 0 Å². The molecule has 0 spiro atoms. The molecule has 2 N–H and O–H groups in total. The average molecular weight is 251 g/mol. The van der Waals surface area contributed by atoms with Gasteiger partial charge in [0, 0.05) is 12.2 Å². The zero-order valence-electron chi connectivity index (χ0n) is 10.1. The molecule has 0 atom stereocenters. The van der Waals surface area contributed by atoms with Gasteiger partial charge in [-0.15, -0.1) is 0 Å². The maximum atomic E-state index is 11.7. The van der Waals surface area contributed by atoms with E-state index in [2.05, 4.69) is 10.4 Å². The first-order valence-electron chi connectivity index (χ1n) is 6.20. The molecule has 0 aliphatic heterocycles. The predicted octanol–water partition coefficient (Wildman–Crippen LogP) is 1.03. The smallest absolute Gasteiger partial charge is 0.338 e. The van der Waals surface area contributed by atoms with Crippen molar-refractivity contribution in [2.45, 2.75) is 44.7 Å². The molecule has 0 saturated heterocycles. The van der Waals surface area contributed by atoms with Gasteiger partial charge in [-0.3, -0.25) is 9.48 Å². The van der Waals surface area contributed by atoms with Gasteiger partial charge in [-0.1, -0.05) is 19.3 Å². The zero-order valence-corrected chi connectivity index (χ0v) is 10.1. The molecule has 1 amide bonds. The Balaban J connectivity index is 1.84. The van der Waals surface area contributed by atoms with Crippen LogP contribution in [-0.2, 0) is 11.3 Å². The largest absolute Gasteiger partial charge is 0.478 e. The van der Waals surface area contributed by atoms with Crippen molar-refractivity contribution in [1.29, 1.82) is 0 Å². The number of rotatable bonds is 4. The molecule has 0 aromatic carbocycles. The molecule has 1 aliphatic carbocycles. The predicted molar refractivity (Wildman–Crippen MR) is 64.2 cm³/mol. The van der Waals surface area contributed by atoms with Crippen LogP contribution in [0.1, 0.15) is 42.5 Å². The van der Waals surface area contributed by atoms with Crippen LogP contribution in [0.5, 0.6) is 0 Å². The lowest BCUT2D eigenvalue weighted by Crippen LogP contribution is -2.38. The number of nitrogens with zero attached hydrogens (tertiary/aromatic N) is 2. The van der Waals surface area contributed by atoms with Gasteiger partial charge in [0.2, 0.25) is 5.91 Å². The first kappa shape index (κ1) is 12.6. The number of hydrogen-bond donors (Lipinski definition) is 2. The molecule has 0 bridgehead atoms. The fraction of sp³-hybridized carbons (Fsp3) is 0.583. The van der Waals surface area contributed by atoms with E-state index in [-0.39, 0.29) is 24.1 Å². The summed E-state index contributed by atoms with van der Waals surface area (Å²) in [6, 6.07) is 0.265. The standard InChI is InChI=1S/C12H17N3O3/c16-11(14-10-4-2-1-3-5-10)8-15-7-9(6-13-15)12(17)18/h6-7,10H,1-5,8H2,(H,14,16)(H,17,18). The molecule has 1 heterocycles. The number of amides is 1. The minimum absolute atomic E-state index is 0.0732. The lowest BCUT2D eigenvalue weighted by atomic mass is 9.95. The lowest BCUT2D eigenvalue weighted by molar-refractivity contribution is -0.122. The highest BCUT2D eigenvalue weighted by atomic mass is 16.4. The Bertz CT molecular complexity index is 436. The fourth-order valence-corrected chi connectivity index (χ4v) is 2.23. The number of aromatic carboxylic acids is 1. The summed E-state index contributed by atoms with van der Waals surface area (Å²) in [5.41, 5.74) is 0.0977. The number of carbonyl (C=O) groups excluding carboxylic acids is 1. The third kappa shape index (κ3) is 3.32. The van der Waals surface area contributed by atoms with Gasteiger partial charge in [0.05, 0.1) is 11.8 Å². The molecule has 1 fully saturated rings. The summed E-state index contributed by atoms with van der Waals surface area (Å²) in [6.07, 6.45) is 8.24. The van der Waals surface area contributed by atoms with Crippen molar-refractivity contribution in [3.05, 3.63) is 18.0 Å². The van der Waals surface area contributed by atoms with E-state index in [0.29, 0.717) is 0 Å². The summed E-state index contributed by atoms with van der Waals surface area (Å²) < 4.78 is 1.35. The third-order valence-electron chi connectivity index (χ3n) is 3.16. The summed E-state index contributed by atoms with van der Waals surface area (Å²) >= 11 is 0. The van der Waals surface area contributed by atoms with Crippen LogP contribution >= 0.6 is 0 Å². The van der Waals surface area contributed by atoms with Crippen LogP contribution in [0, 0.1) is 0 Å². The van der Waals surface area contributed by atoms with Gasteiger partial charge in [0.15, 0.2) is 0 Å². The second kappa shape index (κ2) is 5.66. The highest BCUT2D eigenvalue weighted by Gasteiger charge is 2.16. The van der Waals surface area contributed by atoms with E-state index in [0.717, 1.165) is 25.7 Å². The number of carboxylic acid groups (broad SMARTS) is 1. The van der Waals surface area contributed by atoms with Crippen molar-refractivity contribution in [2.24, 2.45) is 0 Å². The molecule has 6 heteroatoms. The lowest BCUT2D eigenvalue weighted by Gasteiger charge is -2.22. The molecule has 2 rings (SSSR count). The fourth-order valence-electron chi connectivity index (χ4n) is 2.23. The first-order valence-corrected chi connectivity index (χ1v) is 6.20. The van der Waals surface area contributed by atoms with Gasteiger partial charge in [0.1, 0.15) is 6.54 Å². The molecule has 1 aromatic rings. The van der Waals surface area contributed by atoms with E-state index in [4.69, 9.17) is 5.11 Å². The Hall–Kier alpha value is -1.85. The Morgan fingerprint density at radius 3 is 2.72 bits per heavy atom. The quantitative estimate of drug-likeness (QED) is 0.837. The molecule has 1 aromatic heterocycles. The monoisotopic (exact) mass is 251 g/mol. The van der Waals surface area contributed by atoms with E-state index in [1.807, 2.05) is 0 Å². The maximum absolute atomic E-state index is 11.7. The second-order valence-electron chi connectivity index (χ2n) is 4.63. The number of hydrogen-bond acceptors (Lipinski definition) is 3. The summed E-state index contributed by atoms with van der Waals surface area (Å²) in [4.78, 5) is 22.4. The molecular weight excluding hydrogens is 234 g/mol. The number of carboxylic acids is 1. The molecule has 0 unspecified atom stereocenters. The van der Waals surface area contributed by atoms with Crippen molar-refractivity contribution in [2.75, 3.05) is 0 Å². The van der Waals surface area contributed by atoms with Crippen molar-refractivity contribution in [3.63, 3.8) is 0 Å². The van der Waals surface area contributed by atoms with Gasteiger partial charge < -0.3 is 10.4 Å². The van der Waals surface area contributed by atoms with E-state index < -0.39 is 5.97 Å².